The molecule has 0 bridgehead atoms. The minimum atomic E-state index is -0.265. The van der Waals surface area contributed by atoms with E-state index in [1.54, 1.807) is 12.4 Å². The predicted octanol–water partition coefficient (Wildman–Crippen LogP) is 1.17. The molecular formula is C11H15N5. The van der Waals surface area contributed by atoms with Crippen molar-refractivity contribution in [3.8, 4) is 0 Å². The fourth-order valence-electron chi connectivity index (χ4n) is 1.27. The van der Waals surface area contributed by atoms with Crippen LogP contribution in [0.4, 0.5) is 5.82 Å². The number of nitrogens with two attached hydrogens (primary N) is 1. The number of rotatable bonds is 3. The van der Waals surface area contributed by atoms with E-state index < -0.39 is 0 Å². The number of fused-ring (bicyclic) bond motifs is 1. The molecule has 2 aromatic heterocycles. The van der Waals surface area contributed by atoms with Crippen molar-refractivity contribution in [2.45, 2.75) is 19.4 Å². The van der Waals surface area contributed by atoms with E-state index in [9.17, 15) is 0 Å². The molecule has 0 aliphatic carbocycles. The van der Waals surface area contributed by atoms with Gasteiger partial charge in [-0.3, -0.25) is 4.98 Å². The minimum absolute atomic E-state index is 0.265. The summed E-state index contributed by atoms with van der Waals surface area (Å²) in [5.41, 5.74) is 7.05. The molecule has 0 aromatic carbocycles. The number of pyridine rings is 1. The highest BCUT2D eigenvalue weighted by Gasteiger charge is 2.10. The van der Waals surface area contributed by atoms with Crippen molar-refractivity contribution in [2.24, 2.45) is 5.73 Å². The van der Waals surface area contributed by atoms with Crippen LogP contribution < -0.4 is 11.1 Å². The third kappa shape index (κ3) is 2.64. The molecule has 84 valence electrons. The van der Waals surface area contributed by atoms with E-state index in [-0.39, 0.29) is 5.54 Å². The van der Waals surface area contributed by atoms with Gasteiger partial charge in [-0.2, -0.15) is 0 Å². The highest BCUT2D eigenvalue weighted by Crippen LogP contribution is 2.10. The Kier molecular flexibility index (Phi) is 2.70. The van der Waals surface area contributed by atoms with Gasteiger partial charge in [0.1, 0.15) is 11.3 Å². The molecule has 0 fully saturated rings. The number of hydrogen-bond donors (Lipinski definition) is 2. The lowest BCUT2D eigenvalue weighted by Crippen LogP contribution is -2.39. The van der Waals surface area contributed by atoms with E-state index in [0.717, 1.165) is 11.3 Å². The molecule has 0 amide bonds. The predicted molar refractivity (Wildman–Crippen MR) is 64.1 cm³/mol. The SMILES string of the molecule is CC(C)(N)CNc1ccc2nccnc2n1. The highest BCUT2D eigenvalue weighted by molar-refractivity contribution is 5.71. The molecule has 0 atom stereocenters. The molecule has 0 saturated carbocycles. The number of anilines is 1. The third-order valence-electron chi connectivity index (χ3n) is 2.06. The van der Waals surface area contributed by atoms with Crippen LogP contribution in [0, 0.1) is 0 Å². The van der Waals surface area contributed by atoms with Crippen LogP contribution in [0.15, 0.2) is 24.5 Å². The molecule has 0 aliphatic rings. The van der Waals surface area contributed by atoms with Crippen LogP contribution in [0.3, 0.4) is 0 Å². The first-order valence-electron chi connectivity index (χ1n) is 5.15. The largest absolute Gasteiger partial charge is 0.368 e. The molecule has 16 heavy (non-hydrogen) atoms. The summed E-state index contributed by atoms with van der Waals surface area (Å²) >= 11 is 0. The lowest BCUT2D eigenvalue weighted by Gasteiger charge is -2.19. The fraction of sp³-hybridized carbons (Fsp3) is 0.364. The van der Waals surface area contributed by atoms with Gasteiger partial charge in [-0.15, -0.1) is 0 Å². The van der Waals surface area contributed by atoms with Gasteiger partial charge in [0.05, 0.1) is 0 Å². The Morgan fingerprint density at radius 2 is 2.00 bits per heavy atom. The average Bonchev–Trinajstić information content (AvgIpc) is 2.25. The van der Waals surface area contributed by atoms with E-state index in [2.05, 4.69) is 20.3 Å². The monoisotopic (exact) mass is 217 g/mol. The van der Waals surface area contributed by atoms with E-state index in [0.29, 0.717) is 12.2 Å². The van der Waals surface area contributed by atoms with E-state index in [4.69, 9.17) is 5.73 Å². The van der Waals surface area contributed by atoms with Crippen molar-refractivity contribution in [1.29, 1.82) is 0 Å². The van der Waals surface area contributed by atoms with Gasteiger partial charge in [-0.05, 0) is 26.0 Å². The maximum atomic E-state index is 5.88. The number of nitrogens with zero attached hydrogens (tertiary/aromatic N) is 3. The van der Waals surface area contributed by atoms with Crippen LogP contribution in [0.2, 0.25) is 0 Å². The summed E-state index contributed by atoms with van der Waals surface area (Å²) in [6.07, 6.45) is 3.28. The Hall–Kier alpha value is -1.75. The molecule has 2 rings (SSSR count). The summed E-state index contributed by atoms with van der Waals surface area (Å²) in [5.74, 6) is 0.770. The summed E-state index contributed by atoms with van der Waals surface area (Å²) < 4.78 is 0. The van der Waals surface area contributed by atoms with Crippen molar-refractivity contribution in [2.75, 3.05) is 11.9 Å². The zero-order valence-electron chi connectivity index (χ0n) is 9.44. The molecule has 3 N–H and O–H groups in total. The molecule has 2 aromatic rings. The first-order valence-corrected chi connectivity index (χ1v) is 5.15. The van der Waals surface area contributed by atoms with Gasteiger partial charge >= 0.3 is 0 Å². The third-order valence-corrected chi connectivity index (χ3v) is 2.06. The molecule has 2 heterocycles. The Morgan fingerprint density at radius 3 is 2.75 bits per heavy atom. The number of aromatic nitrogens is 3. The van der Waals surface area contributed by atoms with Gasteiger partial charge in [-0.1, -0.05) is 0 Å². The zero-order chi connectivity index (χ0) is 11.6. The molecule has 5 nitrogen and oxygen atoms in total. The van der Waals surface area contributed by atoms with Crippen LogP contribution in [-0.2, 0) is 0 Å². The molecular weight excluding hydrogens is 202 g/mol. The van der Waals surface area contributed by atoms with Crippen molar-refractivity contribution >= 4 is 17.0 Å². The van der Waals surface area contributed by atoms with Gasteiger partial charge in [0.25, 0.3) is 0 Å². The molecule has 0 spiro atoms. The zero-order valence-corrected chi connectivity index (χ0v) is 9.44. The smallest absolute Gasteiger partial charge is 0.180 e. The average molecular weight is 217 g/mol. The van der Waals surface area contributed by atoms with Crippen molar-refractivity contribution in [3.63, 3.8) is 0 Å². The lowest BCUT2D eigenvalue weighted by molar-refractivity contribution is 0.548. The second-order valence-corrected chi connectivity index (χ2v) is 4.44. The molecule has 0 aliphatic heterocycles. The van der Waals surface area contributed by atoms with Crippen molar-refractivity contribution < 1.29 is 0 Å². The molecule has 0 saturated heterocycles. The van der Waals surface area contributed by atoms with Gasteiger partial charge in [0.2, 0.25) is 0 Å². The molecule has 0 unspecified atom stereocenters. The molecule has 5 heteroatoms. The molecule has 0 radical (unpaired) electrons. The first-order chi connectivity index (χ1) is 7.54. The summed E-state index contributed by atoms with van der Waals surface area (Å²) in [7, 11) is 0. The standard InChI is InChI=1S/C11H15N5/c1-11(2,12)7-15-9-4-3-8-10(16-9)14-6-5-13-8/h3-6H,7,12H2,1-2H3,(H,14,15,16). The Morgan fingerprint density at radius 1 is 1.25 bits per heavy atom. The maximum absolute atomic E-state index is 5.88. The highest BCUT2D eigenvalue weighted by atomic mass is 15.0. The fourth-order valence-corrected chi connectivity index (χ4v) is 1.27. The van der Waals surface area contributed by atoms with Crippen LogP contribution in [-0.4, -0.2) is 27.0 Å². The Labute approximate surface area is 94.1 Å². The first kappa shape index (κ1) is 10.8. The van der Waals surface area contributed by atoms with Crippen LogP contribution in [0.25, 0.3) is 11.2 Å². The van der Waals surface area contributed by atoms with E-state index in [1.165, 1.54) is 0 Å². The second kappa shape index (κ2) is 4.02. The summed E-state index contributed by atoms with van der Waals surface area (Å²) in [4.78, 5) is 12.6. The topological polar surface area (TPSA) is 76.7 Å². The Bertz CT molecular complexity index is 489. The van der Waals surface area contributed by atoms with Gasteiger partial charge in [0, 0.05) is 24.5 Å². The van der Waals surface area contributed by atoms with Gasteiger partial charge in [-0.25, -0.2) is 9.97 Å². The quantitative estimate of drug-likeness (QED) is 0.807. The minimum Gasteiger partial charge on any atom is -0.368 e. The second-order valence-electron chi connectivity index (χ2n) is 4.44. The summed E-state index contributed by atoms with van der Waals surface area (Å²) in [5, 5.41) is 3.17. The van der Waals surface area contributed by atoms with E-state index >= 15 is 0 Å². The summed E-state index contributed by atoms with van der Waals surface area (Å²) in [6.45, 7) is 4.58. The van der Waals surface area contributed by atoms with Crippen LogP contribution >= 0.6 is 0 Å². The number of nitrogens with one attached hydrogen (secondary N) is 1. The van der Waals surface area contributed by atoms with Gasteiger partial charge < -0.3 is 11.1 Å². The normalized spacial score (nSPS) is 11.7. The van der Waals surface area contributed by atoms with E-state index in [1.807, 2.05) is 26.0 Å². The van der Waals surface area contributed by atoms with Crippen molar-refractivity contribution in [3.05, 3.63) is 24.5 Å². The number of hydrogen-bond acceptors (Lipinski definition) is 5. The summed E-state index contributed by atoms with van der Waals surface area (Å²) in [6, 6.07) is 3.77. The van der Waals surface area contributed by atoms with Crippen LogP contribution in [0.5, 0.6) is 0 Å². The Balaban J connectivity index is 2.20. The van der Waals surface area contributed by atoms with Crippen LogP contribution in [0.1, 0.15) is 13.8 Å². The van der Waals surface area contributed by atoms with Crippen molar-refractivity contribution in [1.82, 2.24) is 15.0 Å². The lowest BCUT2D eigenvalue weighted by atomic mass is 10.1. The van der Waals surface area contributed by atoms with Gasteiger partial charge in [0.15, 0.2) is 5.65 Å². The maximum Gasteiger partial charge on any atom is 0.180 e.